The van der Waals surface area contributed by atoms with E-state index in [1.54, 1.807) is 0 Å². The van der Waals surface area contributed by atoms with Gasteiger partial charge in [0.1, 0.15) is 6.10 Å². The number of nitrogens with one attached hydrogen (secondary N) is 1. The Hall–Kier alpha value is -2.33. The molecule has 0 aromatic heterocycles. The summed E-state index contributed by atoms with van der Waals surface area (Å²) < 4.78 is 6.06. The van der Waals surface area contributed by atoms with Gasteiger partial charge in [0.05, 0.1) is 0 Å². The molecular formula is C26H32N2O2. The van der Waals surface area contributed by atoms with Gasteiger partial charge in [0.15, 0.2) is 0 Å². The van der Waals surface area contributed by atoms with E-state index in [1.807, 2.05) is 31.2 Å². The third-order valence-corrected chi connectivity index (χ3v) is 7.57. The minimum Gasteiger partial charge on any atom is -0.446 e. The van der Waals surface area contributed by atoms with Gasteiger partial charge >= 0.3 is 6.09 Å². The van der Waals surface area contributed by atoms with E-state index in [2.05, 4.69) is 40.5 Å². The zero-order chi connectivity index (χ0) is 20.5. The molecule has 5 rings (SSSR count). The molecule has 2 aromatic rings. The van der Waals surface area contributed by atoms with Crippen molar-refractivity contribution in [1.82, 2.24) is 4.90 Å². The molecular weight excluding hydrogens is 372 g/mol. The first-order valence-corrected chi connectivity index (χ1v) is 11.5. The molecule has 4 heteroatoms. The lowest BCUT2D eigenvalue weighted by atomic mass is 9.79. The Morgan fingerprint density at radius 1 is 1.07 bits per heavy atom. The largest absolute Gasteiger partial charge is 0.446 e. The number of piperidine rings is 2. The summed E-state index contributed by atoms with van der Waals surface area (Å²) >= 11 is 0. The van der Waals surface area contributed by atoms with Crippen LogP contribution in [0.2, 0.25) is 0 Å². The number of fused-ring (bicyclic) bond motifs is 4. The van der Waals surface area contributed by atoms with E-state index in [1.165, 1.54) is 37.8 Å². The third-order valence-electron chi connectivity index (χ3n) is 7.57. The lowest BCUT2D eigenvalue weighted by Crippen LogP contribution is -2.55. The van der Waals surface area contributed by atoms with Crippen LogP contribution in [0.3, 0.4) is 0 Å². The van der Waals surface area contributed by atoms with Crippen molar-refractivity contribution in [3.05, 3.63) is 65.7 Å². The van der Waals surface area contributed by atoms with Gasteiger partial charge in [-0.15, -0.1) is 0 Å². The zero-order valence-corrected chi connectivity index (χ0v) is 17.8. The van der Waals surface area contributed by atoms with Gasteiger partial charge in [-0.3, -0.25) is 10.2 Å². The van der Waals surface area contributed by atoms with E-state index >= 15 is 0 Å². The smallest absolute Gasteiger partial charge is 0.411 e. The molecule has 3 fully saturated rings. The van der Waals surface area contributed by atoms with Crippen LogP contribution in [0.15, 0.2) is 54.6 Å². The van der Waals surface area contributed by atoms with Crippen LogP contribution in [0.25, 0.3) is 0 Å². The first-order valence-electron chi connectivity index (χ1n) is 11.5. The number of aryl methyl sites for hydroxylation is 1. The SMILES string of the molecule is Cc1ccccc1NC(=O)O[C@@H]1C[C@H]2C[C@@H]1[C@H]1CCCCN1[C@H]2Cc1ccccc1. The molecule has 2 aliphatic heterocycles. The number of nitrogens with zero attached hydrogens (tertiary/aromatic N) is 1. The molecule has 5 atom stereocenters. The number of anilines is 1. The number of carbonyl (C=O) groups is 1. The monoisotopic (exact) mass is 404 g/mol. The lowest BCUT2D eigenvalue weighted by Gasteiger charge is -2.49. The Bertz CT molecular complexity index is 884. The highest BCUT2D eigenvalue weighted by molar-refractivity contribution is 5.85. The molecule has 2 saturated heterocycles. The Morgan fingerprint density at radius 3 is 2.70 bits per heavy atom. The second kappa shape index (κ2) is 8.43. The Balaban J connectivity index is 1.31. The normalized spacial score (nSPS) is 30.5. The maximum Gasteiger partial charge on any atom is 0.411 e. The average molecular weight is 405 g/mol. The molecule has 4 nitrogen and oxygen atoms in total. The number of amides is 1. The van der Waals surface area contributed by atoms with Gasteiger partial charge in [-0.2, -0.15) is 0 Å². The van der Waals surface area contributed by atoms with Crippen LogP contribution in [0.1, 0.15) is 43.2 Å². The molecule has 1 aliphatic carbocycles. The first-order chi connectivity index (χ1) is 14.7. The molecule has 1 saturated carbocycles. The fraction of sp³-hybridized carbons (Fsp3) is 0.500. The van der Waals surface area contributed by atoms with Gasteiger partial charge in [0.2, 0.25) is 0 Å². The fourth-order valence-corrected chi connectivity index (χ4v) is 6.18. The average Bonchev–Trinajstić information content (AvgIpc) is 3.13. The summed E-state index contributed by atoms with van der Waals surface area (Å²) in [7, 11) is 0. The molecule has 2 aromatic carbocycles. The van der Waals surface area contributed by atoms with E-state index in [0.717, 1.165) is 24.1 Å². The van der Waals surface area contributed by atoms with Crippen molar-refractivity contribution in [3.8, 4) is 0 Å². The molecule has 1 N–H and O–H groups in total. The maximum absolute atomic E-state index is 12.7. The van der Waals surface area contributed by atoms with Crippen molar-refractivity contribution in [2.75, 3.05) is 11.9 Å². The van der Waals surface area contributed by atoms with Crippen molar-refractivity contribution in [2.45, 2.75) is 63.6 Å². The van der Waals surface area contributed by atoms with E-state index < -0.39 is 0 Å². The minimum atomic E-state index is -0.302. The van der Waals surface area contributed by atoms with Crippen LogP contribution in [0.5, 0.6) is 0 Å². The predicted octanol–water partition coefficient (Wildman–Crippen LogP) is 5.42. The Labute approximate surface area is 179 Å². The Morgan fingerprint density at radius 2 is 1.87 bits per heavy atom. The molecule has 3 aliphatic rings. The van der Waals surface area contributed by atoms with Crippen LogP contribution in [0, 0.1) is 18.8 Å². The molecule has 30 heavy (non-hydrogen) atoms. The number of benzene rings is 2. The lowest BCUT2D eigenvalue weighted by molar-refractivity contribution is -0.0144. The number of ether oxygens (including phenoxy) is 1. The highest BCUT2D eigenvalue weighted by atomic mass is 16.6. The van der Waals surface area contributed by atoms with Crippen molar-refractivity contribution < 1.29 is 9.53 Å². The van der Waals surface area contributed by atoms with Crippen LogP contribution >= 0.6 is 0 Å². The second-order valence-corrected chi connectivity index (χ2v) is 9.34. The van der Waals surface area contributed by atoms with Gasteiger partial charge < -0.3 is 4.74 Å². The quantitative estimate of drug-likeness (QED) is 0.740. The molecule has 1 amide bonds. The first kappa shape index (κ1) is 19.6. The highest BCUT2D eigenvalue weighted by Crippen LogP contribution is 2.49. The number of rotatable bonds is 4. The van der Waals surface area contributed by atoms with Crippen molar-refractivity contribution in [1.29, 1.82) is 0 Å². The van der Waals surface area contributed by atoms with Gasteiger partial charge in [-0.05, 0) is 68.7 Å². The number of hydrogen-bond acceptors (Lipinski definition) is 3. The van der Waals surface area contributed by atoms with Crippen LogP contribution < -0.4 is 5.32 Å². The van der Waals surface area contributed by atoms with Gasteiger partial charge in [-0.25, -0.2) is 4.79 Å². The van der Waals surface area contributed by atoms with E-state index in [9.17, 15) is 4.79 Å². The summed E-state index contributed by atoms with van der Waals surface area (Å²) in [6.07, 6.45) is 6.85. The molecule has 0 radical (unpaired) electrons. The summed E-state index contributed by atoms with van der Waals surface area (Å²) in [5, 5.41) is 2.97. The minimum absolute atomic E-state index is 0.0328. The molecule has 0 unspecified atom stereocenters. The predicted molar refractivity (Wildman–Crippen MR) is 120 cm³/mol. The summed E-state index contributed by atoms with van der Waals surface area (Å²) in [6, 6.07) is 19.9. The molecule has 2 bridgehead atoms. The van der Waals surface area contributed by atoms with Gasteiger partial charge in [0, 0.05) is 23.7 Å². The fourth-order valence-electron chi connectivity index (χ4n) is 6.18. The molecule has 0 spiro atoms. The van der Waals surface area contributed by atoms with E-state index in [0.29, 0.717) is 23.9 Å². The number of hydrogen-bond donors (Lipinski definition) is 1. The van der Waals surface area contributed by atoms with Crippen LogP contribution in [-0.4, -0.2) is 35.7 Å². The highest BCUT2D eigenvalue weighted by Gasteiger charge is 2.52. The number of para-hydroxylation sites is 1. The van der Waals surface area contributed by atoms with Crippen LogP contribution in [0.4, 0.5) is 10.5 Å². The summed E-state index contributed by atoms with van der Waals surface area (Å²) in [5.41, 5.74) is 3.32. The standard InChI is InChI=1S/C26H32N2O2/c1-18-9-5-6-12-22(18)27-26(29)30-25-17-20-16-21(25)23-13-7-8-14-28(23)24(20)15-19-10-3-2-4-11-19/h2-6,9-12,20-21,23-25H,7-8,13-17H2,1H3,(H,27,29)/t20-,21-,23-,24+,25-/m1/s1. The van der Waals surface area contributed by atoms with Crippen LogP contribution in [-0.2, 0) is 11.2 Å². The van der Waals surface area contributed by atoms with E-state index in [-0.39, 0.29) is 12.2 Å². The Kier molecular flexibility index (Phi) is 5.51. The summed E-state index contributed by atoms with van der Waals surface area (Å²) in [4.78, 5) is 15.5. The summed E-state index contributed by atoms with van der Waals surface area (Å²) in [5.74, 6) is 1.09. The zero-order valence-electron chi connectivity index (χ0n) is 17.8. The number of carbonyl (C=O) groups excluding carboxylic acids is 1. The topological polar surface area (TPSA) is 41.6 Å². The van der Waals surface area contributed by atoms with Gasteiger partial charge in [-0.1, -0.05) is 55.0 Å². The van der Waals surface area contributed by atoms with Crippen molar-refractivity contribution in [2.24, 2.45) is 11.8 Å². The maximum atomic E-state index is 12.7. The van der Waals surface area contributed by atoms with E-state index in [4.69, 9.17) is 4.74 Å². The molecule has 2 heterocycles. The molecule has 158 valence electrons. The second-order valence-electron chi connectivity index (χ2n) is 9.34. The third kappa shape index (κ3) is 3.85. The van der Waals surface area contributed by atoms with Gasteiger partial charge in [0.25, 0.3) is 0 Å². The summed E-state index contributed by atoms with van der Waals surface area (Å²) in [6.45, 7) is 3.20. The van der Waals surface area contributed by atoms with Crippen molar-refractivity contribution in [3.63, 3.8) is 0 Å². The van der Waals surface area contributed by atoms with Crippen molar-refractivity contribution >= 4 is 11.8 Å².